The smallest absolute Gasteiger partial charge is 0.325 e. The van der Waals surface area contributed by atoms with Crippen molar-refractivity contribution in [3.05, 3.63) is 23.0 Å². The average molecular weight is 347 g/mol. The van der Waals surface area contributed by atoms with Crippen LogP contribution >= 0.6 is 11.3 Å². The summed E-state index contributed by atoms with van der Waals surface area (Å²) in [5.74, 6) is -0.720. The largest absolute Gasteiger partial charge is 0.468 e. The number of nitrogens with zero attached hydrogens (tertiary/aromatic N) is 2. The van der Waals surface area contributed by atoms with Crippen molar-refractivity contribution in [2.45, 2.75) is 26.3 Å². The first-order chi connectivity index (χ1) is 11.5. The zero-order valence-electron chi connectivity index (χ0n) is 13.4. The van der Waals surface area contributed by atoms with Crippen molar-refractivity contribution in [1.82, 2.24) is 4.57 Å². The van der Waals surface area contributed by atoms with Gasteiger partial charge in [0.25, 0.3) is 5.91 Å². The summed E-state index contributed by atoms with van der Waals surface area (Å²) < 4.78 is 7.23. The van der Waals surface area contributed by atoms with Gasteiger partial charge in [-0.05, 0) is 31.0 Å². The molecule has 0 aliphatic heterocycles. The van der Waals surface area contributed by atoms with E-state index in [2.05, 4.69) is 10.3 Å². The predicted molar refractivity (Wildman–Crippen MR) is 89.4 cm³/mol. The quantitative estimate of drug-likeness (QED) is 0.852. The van der Waals surface area contributed by atoms with Gasteiger partial charge in [-0.25, -0.2) is 0 Å². The summed E-state index contributed by atoms with van der Waals surface area (Å²) in [6.07, 6.45) is 1.74. The van der Waals surface area contributed by atoms with E-state index in [0.717, 1.165) is 23.1 Å². The van der Waals surface area contributed by atoms with Crippen molar-refractivity contribution >= 4 is 45.0 Å². The number of carbonyl (C=O) groups excluding carboxylic acids is 3. The van der Waals surface area contributed by atoms with Gasteiger partial charge < -0.3 is 14.6 Å². The first-order valence-corrected chi connectivity index (χ1v) is 8.36. The Bertz CT molecular complexity index is 892. The Balaban J connectivity index is 2.09. The van der Waals surface area contributed by atoms with Crippen LogP contribution in [0, 0.1) is 5.92 Å². The Labute approximate surface area is 142 Å². The molecule has 7 nitrogen and oxygen atoms in total. The van der Waals surface area contributed by atoms with E-state index >= 15 is 0 Å². The van der Waals surface area contributed by atoms with Crippen LogP contribution in [0.2, 0.25) is 0 Å². The van der Waals surface area contributed by atoms with E-state index in [4.69, 9.17) is 4.74 Å². The molecule has 0 atom stereocenters. The van der Waals surface area contributed by atoms with Crippen LogP contribution in [0.25, 0.3) is 10.2 Å². The van der Waals surface area contributed by atoms with E-state index in [1.807, 2.05) is 0 Å². The van der Waals surface area contributed by atoms with Gasteiger partial charge in [0.2, 0.25) is 5.91 Å². The van der Waals surface area contributed by atoms with E-state index in [1.54, 1.807) is 22.8 Å². The lowest BCUT2D eigenvalue weighted by Gasteiger charge is -2.05. The number of methoxy groups -OCH3 is 1. The number of thiazole rings is 1. The van der Waals surface area contributed by atoms with Gasteiger partial charge in [0.05, 0.1) is 17.3 Å². The molecule has 126 valence electrons. The summed E-state index contributed by atoms with van der Waals surface area (Å²) in [4.78, 5) is 39.6. The molecule has 3 rings (SSSR count). The van der Waals surface area contributed by atoms with Gasteiger partial charge in [0.15, 0.2) is 4.80 Å². The number of ether oxygens (including phenoxy) is 1. The molecule has 2 amide bonds. The van der Waals surface area contributed by atoms with Crippen LogP contribution in [0.3, 0.4) is 0 Å². The molecule has 2 aromatic rings. The molecule has 24 heavy (non-hydrogen) atoms. The molecule has 1 N–H and O–H groups in total. The maximum Gasteiger partial charge on any atom is 0.325 e. The second-order valence-corrected chi connectivity index (χ2v) is 6.64. The van der Waals surface area contributed by atoms with Crippen molar-refractivity contribution < 1.29 is 19.1 Å². The normalized spacial score (nSPS) is 14.7. The number of hydrogen-bond donors (Lipinski definition) is 1. The summed E-state index contributed by atoms with van der Waals surface area (Å²) in [5.41, 5.74) is 1.42. The summed E-state index contributed by atoms with van der Waals surface area (Å²) in [6, 6.07) is 5.34. The highest BCUT2D eigenvalue weighted by atomic mass is 32.1. The van der Waals surface area contributed by atoms with Gasteiger partial charge in [-0.2, -0.15) is 4.99 Å². The van der Waals surface area contributed by atoms with Crippen LogP contribution in [0.15, 0.2) is 23.2 Å². The standard InChI is InChI=1S/C16H17N3O4S/c1-9(20)17-11-5-6-12-13(7-11)24-16(18-15(22)10-3-4-10)19(12)8-14(21)23-2/h5-7,10H,3-4,8H2,1-2H3,(H,17,20). The molecule has 8 heteroatoms. The number of amides is 2. The molecule has 0 unspecified atom stereocenters. The third kappa shape index (κ3) is 3.53. The second-order valence-electron chi connectivity index (χ2n) is 5.63. The number of anilines is 1. The minimum absolute atomic E-state index is 0.0109. The molecule has 0 saturated heterocycles. The summed E-state index contributed by atoms with van der Waals surface area (Å²) >= 11 is 1.31. The zero-order chi connectivity index (χ0) is 17.3. The number of esters is 1. The lowest BCUT2D eigenvalue weighted by molar-refractivity contribution is -0.141. The molecule has 1 saturated carbocycles. The number of rotatable bonds is 4. The Morgan fingerprint density at radius 1 is 1.38 bits per heavy atom. The van der Waals surface area contributed by atoms with Gasteiger partial charge in [0, 0.05) is 18.5 Å². The molecular weight excluding hydrogens is 330 g/mol. The third-order valence-electron chi connectivity index (χ3n) is 3.65. The van der Waals surface area contributed by atoms with Crippen molar-refractivity contribution in [1.29, 1.82) is 0 Å². The van der Waals surface area contributed by atoms with Gasteiger partial charge in [0.1, 0.15) is 6.54 Å². The van der Waals surface area contributed by atoms with E-state index in [9.17, 15) is 14.4 Å². The summed E-state index contributed by atoms with van der Waals surface area (Å²) in [5, 5.41) is 2.72. The number of nitrogens with one attached hydrogen (secondary N) is 1. The van der Waals surface area contributed by atoms with Gasteiger partial charge in [-0.15, -0.1) is 0 Å². The van der Waals surface area contributed by atoms with Gasteiger partial charge >= 0.3 is 5.97 Å². The maximum absolute atomic E-state index is 12.0. The van der Waals surface area contributed by atoms with E-state index in [1.165, 1.54) is 25.4 Å². The average Bonchev–Trinajstić information content (AvgIpc) is 3.32. The Morgan fingerprint density at radius 2 is 2.12 bits per heavy atom. The highest BCUT2D eigenvalue weighted by Gasteiger charge is 2.29. The van der Waals surface area contributed by atoms with Crippen molar-refractivity contribution in [2.75, 3.05) is 12.4 Å². The number of hydrogen-bond acceptors (Lipinski definition) is 5. The van der Waals surface area contributed by atoms with Crippen molar-refractivity contribution in [3.8, 4) is 0 Å². The second kappa shape index (κ2) is 6.56. The van der Waals surface area contributed by atoms with Gasteiger partial charge in [-0.1, -0.05) is 11.3 Å². The lowest BCUT2D eigenvalue weighted by atomic mass is 10.3. The molecular formula is C16H17N3O4S. The summed E-state index contributed by atoms with van der Waals surface area (Å²) in [6.45, 7) is 1.41. The van der Waals surface area contributed by atoms with Crippen molar-refractivity contribution in [3.63, 3.8) is 0 Å². The van der Waals surface area contributed by atoms with Crippen molar-refractivity contribution in [2.24, 2.45) is 10.9 Å². The van der Waals surface area contributed by atoms with E-state index in [-0.39, 0.29) is 24.3 Å². The first kappa shape index (κ1) is 16.4. The van der Waals surface area contributed by atoms with E-state index in [0.29, 0.717) is 10.5 Å². The minimum Gasteiger partial charge on any atom is -0.468 e. The molecule has 0 spiro atoms. The van der Waals surface area contributed by atoms with Crippen LogP contribution in [0.5, 0.6) is 0 Å². The predicted octanol–water partition coefficient (Wildman–Crippen LogP) is 1.67. The molecule has 1 aromatic heterocycles. The zero-order valence-corrected chi connectivity index (χ0v) is 14.2. The number of carbonyl (C=O) groups is 3. The number of aromatic nitrogens is 1. The number of benzene rings is 1. The molecule has 1 heterocycles. The monoisotopic (exact) mass is 347 g/mol. The summed E-state index contributed by atoms with van der Waals surface area (Å²) in [7, 11) is 1.32. The molecule has 0 radical (unpaired) electrons. The SMILES string of the molecule is COC(=O)Cn1c(=NC(=O)C2CC2)sc2cc(NC(C)=O)ccc21. The van der Waals surface area contributed by atoms with E-state index < -0.39 is 5.97 Å². The third-order valence-corrected chi connectivity index (χ3v) is 4.69. The van der Waals surface area contributed by atoms with Crippen LogP contribution in [-0.4, -0.2) is 29.5 Å². The molecule has 0 bridgehead atoms. The van der Waals surface area contributed by atoms with Crippen LogP contribution in [0.1, 0.15) is 19.8 Å². The first-order valence-electron chi connectivity index (χ1n) is 7.54. The fraction of sp³-hybridized carbons (Fsp3) is 0.375. The van der Waals surface area contributed by atoms with Crippen LogP contribution in [-0.2, 0) is 25.7 Å². The van der Waals surface area contributed by atoms with Crippen LogP contribution in [0.4, 0.5) is 5.69 Å². The maximum atomic E-state index is 12.0. The molecule has 1 aliphatic rings. The molecule has 1 aliphatic carbocycles. The molecule has 1 fully saturated rings. The fourth-order valence-corrected chi connectivity index (χ4v) is 3.38. The Kier molecular flexibility index (Phi) is 4.48. The Hall–Kier alpha value is -2.48. The highest BCUT2D eigenvalue weighted by Crippen LogP contribution is 2.30. The Morgan fingerprint density at radius 3 is 2.75 bits per heavy atom. The topological polar surface area (TPSA) is 89.8 Å². The van der Waals surface area contributed by atoms with Gasteiger partial charge in [-0.3, -0.25) is 14.4 Å². The molecule has 1 aromatic carbocycles. The number of fused-ring (bicyclic) bond motifs is 1. The van der Waals surface area contributed by atoms with Crippen LogP contribution < -0.4 is 10.1 Å². The highest BCUT2D eigenvalue weighted by molar-refractivity contribution is 7.16. The lowest BCUT2D eigenvalue weighted by Crippen LogP contribution is -2.22. The fourth-order valence-electron chi connectivity index (χ4n) is 2.30. The minimum atomic E-state index is -0.416.